The molecular weight excluding hydrogens is 602 g/mol. The Kier molecular flexibility index (Phi) is 7.55. The molecule has 0 saturated carbocycles. The van der Waals surface area contributed by atoms with Crippen LogP contribution in [-0.4, -0.2) is 29.2 Å². The van der Waals surface area contributed by atoms with Crippen LogP contribution in [0, 0.1) is 10.1 Å². The van der Waals surface area contributed by atoms with Crippen LogP contribution in [0.4, 0.5) is 5.69 Å². The molecule has 0 aliphatic carbocycles. The first-order valence-electron chi connectivity index (χ1n) is 12.1. The van der Waals surface area contributed by atoms with E-state index >= 15 is 0 Å². The van der Waals surface area contributed by atoms with Crippen molar-refractivity contribution in [2.45, 2.75) is 19.9 Å². The number of benzene rings is 2. The zero-order chi connectivity index (χ0) is 28.6. The van der Waals surface area contributed by atoms with Crippen molar-refractivity contribution >= 4 is 45.0 Å². The van der Waals surface area contributed by atoms with Crippen LogP contribution in [0.2, 0.25) is 0 Å². The number of thiazole rings is 1. The maximum atomic E-state index is 13.8. The Labute approximate surface area is 239 Å². The number of non-ortho nitro benzene ring substituents is 1. The molecule has 0 unspecified atom stereocenters. The molecule has 0 amide bonds. The highest BCUT2D eigenvalue weighted by Gasteiger charge is 2.33. The van der Waals surface area contributed by atoms with E-state index in [-0.39, 0.29) is 23.4 Å². The zero-order valence-electron chi connectivity index (χ0n) is 21.5. The maximum absolute atomic E-state index is 13.8. The minimum atomic E-state index is -0.744. The fourth-order valence-corrected chi connectivity index (χ4v) is 6.00. The molecule has 4 aromatic rings. The average molecular weight is 624 g/mol. The number of allylic oxidation sites excluding steroid dienone is 1. The molecule has 0 fully saturated rings. The topological polar surface area (TPSA) is 126 Å². The van der Waals surface area contributed by atoms with E-state index < -0.39 is 16.9 Å². The number of nitrogens with zero attached hydrogens (tertiary/aromatic N) is 3. The molecule has 2 aromatic carbocycles. The maximum Gasteiger partial charge on any atom is 0.338 e. The second-order valence-electron chi connectivity index (χ2n) is 8.70. The van der Waals surface area contributed by atoms with Crippen LogP contribution in [-0.2, 0) is 9.53 Å². The van der Waals surface area contributed by atoms with Crippen molar-refractivity contribution in [3.63, 3.8) is 0 Å². The van der Waals surface area contributed by atoms with Gasteiger partial charge < -0.3 is 13.9 Å². The largest absolute Gasteiger partial charge is 0.497 e. The second-order valence-corrected chi connectivity index (χ2v) is 10.6. The van der Waals surface area contributed by atoms with Crippen LogP contribution in [0.25, 0.3) is 17.4 Å². The molecule has 10 nitrogen and oxygen atoms in total. The highest BCUT2D eigenvalue weighted by Crippen LogP contribution is 2.33. The van der Waals surface area contributed by atoms with Crippen LogP contribution >= 0.6 is 27.3 Å². The first kappa shape index (κ1) is 27.3. The Morgan fingerprint density at radius 2 is 1.98 bits per heavy atom. The number of carbonyl (C=O) groups is 1. The van der Waals surface area contributed by atoms with Crippen molar-refractivity contribution in [3.05, 3.63) is 111 Å². The van der Waals surface area contributed by atoms with Crippen LogP contribution in [0.3, 0.4) is 0 Å². The van der Waals surface area contributed by atoms with Gasteiger partial charge in [-0.2, -0.15) is 0 Å². The molecular formula is C28H22BrN3O7S. The van der Waals surface area contributed by atoms with Crippen LogP contribution in [0.15, 0.2) is 84.5 Å². The monoisotopic (exact) mass is 623 g/mol. The number of ether oxygens (including phenoxy) is 2. The number of fused-ring (bicyclic) bond motifs is 1. The molecule has 3 heterocycles. The number of nitro benzene ring substituents is 1. The van der Waals surface area contributed by atoms with Gasteiger partial charge >= 0.3 is 5.97 Å². The lowest BCUT2D eigenvalue weighted by Gasteiger charge is -2.24. The van der Waals surface area contributed by atoms with Gasteiger partial charge in [-0.3, -0.25) is 19.5 Å². The summed E-state index contributed by atoms with van der Waals surface area (Å²) in [6, 6.07) is 14.2. The van der Waals surface area contributed by atoms with E-state index in [9.17, 15) is 19.7 Å². The van der Waals surface area contributed by atoms with E-state index in [1.807, 2.05) is 0 Å². The number of methoxy groups -OCH3 is 1. The third-order valence-electron chi connectivity index (χ3n) is 6.28. The van der Waals surface area contributed by atoms with Gasteiger partial charge in [0, 0.05) is 28.2 Å². The lowest BCUT2D eigenvalue weighted by atomic mass is 9.96. The molecule has 204 valence electrons. The highest BCUT2D eigenvalue weighted by molar-refractivity contribution is 9.10. The number of aromatic nitrogens is 1. The molecule has 0 spiro atoms. The quantitative estimate of drug-likeness (QED) is 0.165. The fourth-order valence-electron chi connectivity index (χ4n) is 4.41. The van der Waals surface area contributed by atoms with Gasteiger partial charge in [0.25, 0.3) is 11.2 Å². The molecule has 0 N–H and O–H groups in total. The van der Waals surface area contributed by atoms with Crippen LogP contribution < -0.4 is 19.6 Å². The molecule has 1 atom stereocenters. The van der Waals surface area contributed by atoms with Gasteiger partial charge in [-0.15, -0.1) is 0 Å². The predicted molar refractivity (Wildman–Crippen MR) is 152 cm³/mol. The third-order valence-corrected chi connectivity index (χ3v) is 7.92. The van der Waals surface area contributed by atoms with E-state index in [0.717, 1.165) is 0 Å². The Morgan fingerprint density at radius 1 is 1.23 bits per heavy atom. The van der Waals surface area contributed by atoms with Gasteiger partial charge in [0.1, 0.15) is 17.3 Å². The lowest BCUT2D eigenvalue weighted by Crippen LogP contribution is -2.39. The molecule has 2 aromatic heterocycles. The van der Waals surface area contributed by atoms with E-state index in [1.54, 1.807) is 69.5 Å². The first-order chi connectivity index (χ1) is 19.2. The summed E-state index contributed by atoms with van der Waals surface area (Å²) < 4.78 is 18.9. The Bertz CT molecular complexity index is 1850. The van der Waals surface area contributed by atoms with Crippen molar-refractivity contribution < 1.29 is 23.6 Å². The summed E-state index contributed by atoms with van der Waals surface area (Å²) in [4.78, 5) is 42.4. The average Bonchev–Trinajstić information content (AvgIpc) is 3.52. The van der Waals surface area contributed by atoms with Gasteiger partial charge in [-0.1, -0.05) is 23.5 Å². The number of furan rings is 1. The van der Waals surface area contributed by atoms with Gasteiger partial charge in [0.05, 0.1) is 40.5 Å². The van der Waals surface area contributed by atoms with Crippen molar-refractivity contribution in [1.82, 2.24) is 4.57 Å². The molecule has 1 aliphatic rings. The fraction of sp³-hybridized carbons (Fsp3) is 0.179. The number of nitro groups is 1. The van der Waals surface area contributed by atoms with Crippen molar-refractivity contribution in [2.75, 3.05) is 13.7 Å². The first-order valence-corrected chi connectivity index (χ1v) is 13.7. The molecule has 0 saturated heterocycles. The number of rotatable bonds is 7. The van der Waals surface area contributed by atoms with E-state index in [0.29, 0.717) is 47.9 Å². The molecule has 1 aliphatic heterocycles. The number of halogens is 1. The standard InChI is InChI=1S/C28H22BrN3O7S/c1-4-38-27(34)24-15(2)30-28-31(25(24)16-5-8-18(37-3)9-6-16)26(33)23(40-28)14-19-10-12-22(39-19)20-11-7-17(32(35)36)13-21(20)29/h5-14,25H,4H2,1-3H3/b23-14+/t25-/m0/s1. The summed E-state index contributed by atoms with van der Waals surface area (Å²) in [6.45, 7) is 3.63. The number of hydrogen-bond acceptors (Lipinski definition) is 9. The van der Waals surface area contributed by atoms with Gasteiger partial charge in [0.15, 0.2) is 4.80 Å². The van der Waals surface area contributed by atoms with E-state index in [4.69, 9.17) is 13.9 Å². The number of hydrogen-bond donors (Lipinski definition) is 0. The Balaban J connectivity index is 1.60. The van der Waals surface area contributed by atoms with E-state index in [1.165, 1.54) is 28.0 Å². The molecule has 40 heavy (non-hydrogen) atoms. The summed E-state index contributed by atoms with van der Waals surface area (Å²) in [5, 5.41) is 11.1. The van der Waals surface area contributed by atoms with Crippen LogP contribution in [0.5, 0.6) is 5.75 Å². The number of esters is 1. The minimum Gasteiger partial charge on any atom is -0.497 e. The van der Waals surface area contributed by atoms with E-state index in [2.05, 4.69) is 20.9 Å². The lowest BCUT2D eigenvalue weighted by molar-refractivity contribution is -0.384. The summed E-state index contributed by atoms with van der Waals surface area (Å²) >= 11 is 4.54. The third kappa shape index (κ3) is 5.03. The zero-order valence-corrected chi connectivity index (χ0v) is 23.9. The molecule has 5 rings (SSSR count). The SMILES string of the molecule is CCOC(=O)C1=C(C)N=c2s/c(=C/c3ccc(-c4ccc([N+](=O)[O-])cc4Br)o3)c(=O)n2[C@H]1c1ccc(OC)cc1. The number of carbonyl (C=O) groups excluding carboxylic acids is 1. The van der Waals surface area contributed by atoms with Crippen LogP contribution in [0.1, 0.15) is 31.2 Å². The van der Waals surface area contributed by atoms with Gasteiger partial charge in [0.2, 0.25) is 0 Å². The second kappa shape index (κ2) is 11.1. The Morgan fingerprint density at radius 3 is 2.62 bits per heavy atom. The minimum absolute atomic E-state index is 0.0487. The summed E-state index contributed by atoms with van der Waals surface area (Å²) in [7, 11) is 1.56. The summed E-state index contributed by atoms with van der Waals surface area (Å²) in [5.74, 6) is 0.983. The summed E-state index contributed by atoms with van der Waals surface area (Å²) in [5.41, 5.74) is 1.69. The predicted octanol–water partition coefficient (Wildman–Crippen LogP) is 4.74. The van der Waals surface area contributed by atoms with Crippen molar-refractivity contribution in [3.8, 4) is 17.1 Å². The molecule has 12 heteroatoms. The van der Waals surface area contributed by atoms with Gasteiger partial charge in [-0.05, 0) is 65.7 Å². The summed E-state index contributed by atoms with van der Waals surface area (Å²) in [6.07, 6.45) is 1.61. The highest BCUT2D eigenvalue weighted by atomic mass is 79.9. The smallest absolute Gasteiger partial charge is 0.338 e. The Hall–Kier alpha value is -4.29. The van der Waals surface area contributed by atoms with Crippen molar-refractivity contribution in [2.24, 2.45) is 4.99 Å². The van der Waals surface area contributed by atoms with Crippen molar-refractivity contribution in [1.29, 1.82) is 0 Å². The normalized spacial score (nSPS) is 15.0. The molecule has 0 bridgehead atoms. The molecule has 0 radical (unpaired) electrons. The van der Waals surface area contributed by atoms with Gasteiger partial charge in [-0.25, -0.2) is 9.79 Å².